The number of rotatable bonds is 7. The van der Waals surface area contributed by atoms with E-state index in [4.69, 9.17) is 9.47 Å². The van der Waals surface area contributed by atoms with Crippen molar-refractivity contribution in [1.82, 2.24) is 0 Å². The molecule has 8 nitrogen and oxygen atoms in total. The van der Waals surface area contributed by atoms with Gasteiger partial charge in [-0.25, -0.2) is 9.18 Å². The lowest BCUT2D eigenvalue weighted by Gasteiger charge is -2.33. The number of hydrogen-bond acceptors (Lipinski definition) is 6. The summed E-state index contributed by atoms with van der Waals surface area (Å²) >= 11 is 0. The molecule has 0 saturated carbocycles. The van der Waals surface area contributed by atoms with Crippen LogP contribution in [0.5, 0.6) is 5.75 Å². The number of esters is 1. The van der Waals surface area contributed by atoms with E-state index in [1.165, 1.54) is 21.9 Å². The molecular weight excluding hydrogens is 547 g/mol. The molecule has 1 spiro atoms. The highest BCUT2D eigenvalue weighted by molar-refractivity contribution is 7.88. The second-order valence-electron chi connectivity index (χ2n) is 11.0. The lowest BCUT2D eigenvalue weighted by Crippen LogP contribution is -2.52. The number of anilines is 2. The van der Waals surface area contributed by atoms with Crippen LogP contribution in [0.4, 0.5) is 15.8 Å². The van der Waals surface area contributed by atoms with Gasteiger partial charge >= 0.3 is 5.97 Å². The summed E-state index contributed by atoms with van der Waals surface area (Å²) in [6, 6.07) is 17.8. The Bertz CT molecular complexity index is 1530. The highest BCUT2D eigenvalue weighted by Gasteiger charge is 2.65. The number of amides is 2. The van der Waals surface area contributed by atoms with Crippen LogP contribution in [0.3, 0.4) is 0 Å². The van der Waals surface area contributed by atoms with Crippen molar-refractivity contribution in [3.8, 4) is 5.75 Å². The molecule has 10 heteroatoms. The van der Waals surface area contributed by atoms with Gasteiger partial charge in [0.1, 0.15) is 22.9 Å². The maximum atomic E-state index is 14.4. The summed E-state index contributed by atoms with van der Waals surface area (Å²) in [6.07, 6.45) is 0.789. The summed E-state index contributed by atoms with van der Waals surface area (Å²) in [5.74, 6) is -2.05. The first-order valence-electron chi connectivity index (χ1n) is 13.3. The molecular formula is C31H31FN2O6S. The predicted molar refractivity (Wildman–Crippen MR) is 153 cm³/mol. The van der Waals surface area contributed by atoms with Gasteiger partial charge in [0.05, 0.1) is 23.0 Å². The number of nitrogens with zero attached hydrogens (tertiary/aromatic N) is 2. The van der Waals surface area contributed by atoms with Gasteiger partial charge in [0.2, 0.25) is 10.8 Å². The SMILES string of the molecule is CCc1ccc(N2C(=O)CS(=O)C23C(=O)N(Cc2ccc(F)cc2)c2ccc(OCC(=O)OC(C)(C)C)cc23)cc1. The number of ether oxygens (including phenoxy) is 2. The molecule has 1 saturated heterocycles. The van der Waals surface area contributed by atoms with Gasteiger partial charge in [-0.2, -0.15) is 0 Å². The first-order valence-corrected chi connectivity index (χ1v) is 14.6. The fourth-order valence-electron chi connectivity index (χ4n) is 5.16. The van der Waals surface area contributed by atoms with Crippen LogP contribution in [0.1, 0.15) is 44.4 Å². The predicted octanol–water partition coefficient (Wildman–Crippen LogP) is 4.60. The number of halogens is 1. The largest absolute Gasteiger partial charge is 0.482 e. The summed E-state index contributed by atoms with van der Waals surface area (Å²) in [5, 5.41) is 0. The van der Waals surface area contributed by atoms with Crippen LogP contribution in [0.25, 0.3) is 0 Å². The van der Waals surface area contributed by atoms with Gasteiger partial charge in [0.25, 0.3) is 5.91 Å². The molecule has 2 aliphatic heterocycles. The molecule has 3 aromatic carbocycles. The third kappa shape index (κ3) is 5.24. The first kappa shape index (κ1) is 28.5. The van der Waals surface area contributed by atoms with Crippen LogP contribution < -0.4 is 14.5 Å². The van der Waals surface area contributed by atoms with Crippen LogP contribution >= 0.6 is 0 Å². The van der Waals surface area contributed by atoms with E-state index in [1.54, 1.807) is 63.2 Å². The number of carbonyl (C=O) groups is 3. The molecule has 2 heterocycles. The van der Waals surface area contributed by atoms with E-state index in [0.717, 1.165) is 12.0 Å². The molecule has 0 radical (unpaired) electrons. The fourth-order valence-corrected chi connectivity index (χ4v) is 6.85. The molecule has 1 fully saturated rings. The number of fused-ring (bicyclic) bond motifs is 2. The van der Waals surface area contributed by atoms with Gasteiger partial charge in [-0.15, -0.1) is 0 Å². The lowest BCUT2D eigenvalue weighted by molar-refractivity contribution is -0.157. The second kappa shape index (κ2) is 10.7. The average Bonchev–Trinajstić information content (AvgIpc) is 3.33. The zero-order chi connectivity index (χ0) is 29.5. The summed E-state index contributed by atoms with van der Waals surface area (Å²) < 4.78 is 38.6. The Morgan fingerprint density at radius 3 is 2.29 bits per heavy atom. The average molecular weight is 579 g/mol. The van der Waals surface area contributed by atoms with Crippen LogP contribution in [-0.4, -0.2) is 40.0 Å². The van der Waals surface area contributed by atoms with Crippen molar-refractivity contribution in [1.29, 1.82) is 0 Å². The van der Waals surface area contributed by atoms with Gasteiger partial charge in [0, 0.05) is 11.3 Å². The first-order chi connectivity index (χ1) is 19.4. The molecule has 0 aromatic heterocycles. The van der Waals surface area contributed by atoms with E-state index in [1.807, 2.05) is 19.1 Å². The Labute approximate surface area is 240 Å². The van der Waals surface area contributed by atoms with E-state index in [0.29, 0.717) is 22.5 Å². The molecule has 5 rings (SSSR count). The minimum absolute atomic E-state index is 0.0694. The summed E-state index contributed by atoms with van der Waals surface area (Å²) in [4.78, 5) is 41.1. The monoisotopic (exact) mass is 578 g/mol. The smallest absolute Gasteiger partial charge is 0.344 e. The Kier molecular flexibility index (Phi) is 7.46. The van der Waals surface area contributed by atoms with E-state index >= 15 is 0 Å². The number of benzene rings is 3. The molecule has 2 unspecified atom stereocenters. The molecule has 2 aliphatic rings. The molecule has 2 amide bonds. The standard InChI is InChI=1S/C31H31FN2O6S/c1-5-20-8-12-23(13-9-20)34-27(35)19-41(38)31(34)25-16-24(39-18-28(36)40-30(2,3)4)14-15-26(25)33(29(31)37)17-21-6-10-22(32)11-7-21/h6-16H,5,17-19H2,1-4H3. The van der Waals surface area contributed by atoms with Gasteiger partial charge in [0.15, 0.2) is 6.61 Å². The van der Waals surface area contributed by atoms with Crippen LogP contribution in [0.15, 0.2) is 66.7 Å². The molecule has 2 atom stereocenters. The van der Waals surface area contributed by atoms with Crippen molar-refractivity contribution in [3.05, 3.63) is 89.2 Å². The normalized spacial score (nSPS) is 20.1. The summed E-state index contributed by atoms with van der Waals surface area (Å²) in [6.45, 7) is 6.95. The molecule has 41 heavy (non-hydrogen) atoms. The van der Waals surface area contributed by atoms with Gasteiger partial charge in [-0.05, 0) is 80.8 Å². The molecule has 0 aliphatic carbocycles. The third-order valence-corrected chi connectivity index (χ3v) is 8.69. The van der Waals surface area contributed by atoms with Crippen molar-refractivity contribution >= 4 is 40.0 Å². The zero-order valence-electron chi connectivity index (χ0n) is 23.3. The molecule has 3 aromatic rings. The Hall–Kier alpha value is -4.05. The Morgan fingerprint density at radius 1 is 1.00 bits per heavy atom. The van der Waals surface area contributed by atoms with Crippen LogP contribution in [-0.2, 0) is 47.8 Å². The molecule has 214 valence electrons. The van der Waals surface area contributed by atoms with E-state index < -0.39 is 44.9 Å². The minimum atomic E-state index is -1.95. The summed E-state index contributed by atoms with van der Waals surface area (Å²) in [5.41, 5.74) is 2.23. The van der Waals surface area contributed by atoms with Crippen LogP contribution in [0, 0.1) is 5.82 Å². The van der Waals surface area contributed by atoms with Crippen molar-refractivity contribution in [2.45, 2.75) is 51.1 Å². The van der Waals surface area contributed by atoms with Gasteiger partial charge in [-0.3, -0.25) is 18.7 Å². The highest BCUT2D eigenvalue weighted by atomic mass is 32.2. The Balaban J connectivity index is 1.60. The van der Waals surface area contributed by atoms with Gasteiger partial charge < -0.3 is 14.4 Å². The van der Waals surface area contributed by atoms with E-state index in [-0.39, 0.29) is 24.7 Å². The quantitative estimate of drug-likeness (QED) is 0.381. The second-order valence-corrected chi connectivity index (χ2v) is 12.5. The van der Waals surface area contributed by atoms with Gasteiger partial charge in [-0.1, -0.05) is 31.2 Å². The summed E-state index contributed by atoms with van der Waals surface area (Å²) in [7, 11) is -1.95. The van der Waals surface area contributed by atoms with Crippen molar-refractivity contribution < 1.29 is 32.5 Å². The number of aryl methyl sites for hydroxylation is 1. The maximum Gasteiger partial charge on any atom is 0.344 e. The Morgan fingerprint density at radius 2 is 1.66 bits per heavy atom. The fraction of sp³-hybridized carbons (Fsp3) is 0.323. The van der Waals surface area contributed by atoms with E-state index in [2.05, 4.69) is 0 Å². The number of hydrogen-bond donors (Lipinski definition) is 0. The maximum absolute atomic E-state index is 14.4. The molecule has 0 bridgehead atoms. The van der Waals surface area contributed by atoms with Crippen molar-refractivity contribution in [2.75, 3.05) is 22.2 Å². The minimum Gasteiger partial charge on any atom is -0.482 e. The third-order valence-electron chi connectivity index (χ3n) is 6.94. The van der Waals surface area contributed by atoms with E-state index in [9.17, 15) is 23.0 Å². The molecule has 0 N–H and O–H groups in total. The van der Waals surface area contributed by atoms with Crippen molar-refractivity contribution in [3.63, 3.8) is 0 Å². The topological polar surface area (TPSA) is 93.2 Å². The lowest BCUT2D eigenvalue weighted by atomic mass is 10.0. The highest BCUT2D eigenvalue weighted by Crippen LogP contribution is 2.52. The number of carbonyl (C=O) groups excluding carboxylic acids is 3. The zero-order valence-corrected chi connectivity index (χ0v) is 24.1. The van der Waals surface area contributed by atoms with Crippen molar-refractivity contribution in [2.24, 2.45) is 0 Å². The van der Waals surface area contributed by atoms with Crippen LogP contribution in [0.2, 0.25) is 0 Å².